The van der Waals surface area contributed by atoms with Gasteiger partial charge in [-0.05, 0) is 6.07 Å². The predicted molar refractivity (Wildman–Crippen MR) is 56.5 cm³/mol. The van der Waals surface area contributed by atoms with Gasteiger partial charge in [0.1, 0.15) is 5.82 Å². The molecular formula is C9H13F2N5. The Kier molecular flexibility index (Phi) is 3.14. The van der Waals surface area contributed by atoms with Gasteiger partial charge in [0.15, 0.2) is 0 Å². The van der Waals surface area contributed by atoms with E-state index < -0.39 is 12.5 Å². The van der Waals surface area contributed by atoms with E-state index in [1.54, 1.807) is 11.0 Å². The first-order valence-electron chi connectivity index (χ1n) is 5.02. The number of alkyl halides is 2. The lowest BCUT2D eigenvalue weighted by atomic mass is 10.2. The molecule has 0 bridgehead atoms. The van der Waals surface area contributed by atoms with Crippen LogP contribution in [0.15, 0.2) is 12.3 Å². The monoisotopic (exact) mass is 229 g/mol. The predicted octanol–water partition coefficient (Wildman–Crippen LogP) is 0.102. The van der Waals surface area contributed by atoms with Crippen LogP contribution in [0.1, 0.15) is 0 Å². The molecule has 2 rings (SSSR count). The number of hydrogen-bond donors (Lipinski definition) is 2. The topological polar surface area (TPSA) is 67.1 Å². The van der Waals surface area contributed by atoms with Crippen LogP contribution in [0.3, 0.4) is 0 Å². The quantitative estimate of drug-likeness (QED) is 0.753. The molecule has 0 saturated carbocycles. The number of rotatable bonds is 2. The van der Waals surface area contributed by atoms with Gasteiger partial charge < -0.3 is 16.0 Å². The van der Waals surface area contributed by atoms with Crippen molar-refractivity contribution in [1.82, 2.24) is 15.3 Å². The van der Waals surface area contributed by atoms with Crippen LogP contribution < -0.4 is 16.0 Å². The van der Waals surface area contributed by atoms with Crippen molar-refractivity contribution >= 4 is 11.8 Å². The Morgan fingerprint density at radius 1 is 1.56 bits per heavy atom. The van der Waals surface area contributed by atoms with Crippen LogP contribution in [0.2, 0.25) is 0 Å². The minimum Gasteiger partial charge on any atom is -0.384 e. The summed E-state index contributed by atoms with van der Waals surface area (Å²) in [4.78, 5) is 9.74. The third kappa shape index (κ3) is 2.35. The Balaban J connectivity index is 2.09. The number of nitrogens with one attached hydrogen (secondary N) is 1. The van der Waals surface area contributed by atoms with Gasteiger partial charge in [-0.3, -0.25) is 0 Å². The van der Waals surface area contributed by atoms with Gasteiger partial charge >= 0.3 is 0 Å². The third-order valence-electron chi connectivity index (χ3n) is 2.46. The molecule has 7 heteroatoms. The van der Waals surface area contributed by atoms with Crippen molar-refractivity contribution in [2.24, 2.45) is 0 Å². The number of aromatic nitrogens is 2. The van der Waals surface area contributed by atoms with Crippen molar-refractivity contribution in [3.63, 3.8) is 0 Å². The molecule has 88 valence electrons. The van der Waals surface area contributed by atoms with Gasteiger partial charge in [0, 0.05) is 25.8 Å². The smallest absolute Gasteiger partial charge is 0.255 e. The molecule has 0 spiro atoms. The summed E-state index contributed by atoms with van der Waals surface area (Å²) in [5.41, 5.74) is 5.52. The summed E-state index contributed by atoms with van der Waals surface area (Å²) in [7, 11) is 0. The second-order valence-corrected chi connectivity index (χ2v) is 3.62. The number of nitrogen functional groups attached to an aromatic ring is 1. The van der Waals surface area contributed by atoms with Gasteiger partial charge in [-0.2, -0.15) is 4.98 Å². The molecule has 0 aromatic carbocycles. The average molecular weight is 229 g/mol. The lowest BCUT2D eigenvalue weighted by Gasteiger charge is -2.33. The summed E-state index contributed by atoms with van der Waals surface area (Å²) in [5, 5.41) is 2.75. The Morgan fingerprint density at radius 2 is 2.38 bits per heavy atom. The van der Waals surface area contributed by atoms with Crippen molar-refractivity contribution in [2.45, 2.75) is 12.5 Å². The first-order chi connectivity index (χ1) is 7.66. The second-order valence-electron chi connectivity index (χ2n) is 3.62. The van der Waals surface area contributed by atoms with E-state index in [9.17, 15) is 8.78 Å². The summed E-state index contributed by atoms with van der Waals surface area (Å²) in [6, 6.07) is 0.731. The van der Waals surface area contributed by atoms with Crippen LogP contribution in [0.5, 0.6) is 0 Å². The van der Waals surface area contributed by atoms with Gasteiger partial charge in [-0.15, -0.1) is 0 Å². The van der Waals surface area contributed by atoms with Crippen molar-refractivity contribution in [3.8, 4) is 0 Å². The molecule has 0 aliphatic carbocycles. The normalized spacial score (nSPS) is 21.4. The van der Waals surface area contributed by atoms with E-state index in [2.05, 4.69) is 15.3 Å². The second kappa shape index (κ2) is 4.56. The molecular weight excluding hydrogens is 216 g/mol. The van der Waals surface area contributed by atoms with Crippen LogP contribution in [0.4, 0.5) is 20.5 Å². The molecule has 1 aromatic heterocycles. The average Bonchev–Trinajstić information content (AvgIpc) is 2.29. The molecule has 2 heterocycles. The van der Waals surface area contributed by atoms with Gasteiger partial charge in [-0.25, -0.2) is 13.8 Å². The Morgan fingerprint density at radius 3 is 3.06 bits per heavy atom. The zero-order valence-electron chi connectivity index (χ0n) is 8.61. The number of anilines is 2. The van der Waals surface area contributed by atoms with Crippen LogP contribution >= 0.6 is 0 Å². The van der Waals surface area contributed by atoms with Crippen LogP contribution in [-0.4, -0.2) is 42.1 Å². The largest absolute Gasteiger partial charge is 0.384 e. The highest BCUT2D eigenvalue weighted by molar-refractivity contribution is 5.38. The molecule has 1 unspecified atom stereocenters. The van der Waals surface area contributed by atoms with Gasteiger partial charge in [-0.1, -0.05) is 0 Å². The summed E-state index contributed by atoms with van der Waals surface area (Å²) in [6.07, 6.45) is -0.860. The van der Waals surface area contributed by atoms with E-state index in [-0.39, 0.29) is 6.54 Å². The maximum absolute atomic E-state index is 12.5. The zero-order valence-corrected chi connectivity index (χ0v) is 8.61. The van der Waals surface area contributed by atoms with Crippen molar-refractivity contribution in [1.29, 1.82) is 0 Å². The summed E-state index contributed by atoms with van der Waals surface area (Å²) in [5.74, 6) is 0.754. The molecule has 1 saturated heterocycles. The molecule has 3 N–H and O–H groups in total. The highest BCUT2D eigenvalue weighted by atomic mass is 19.3. The molecule has 1 aromatic rings. The van der Waals surface area contributed by atoms with Crippen molar-refractivity contribution in [3.05, 3.63) is 12.3 Å². The fourth-order valence-corrected chi connectivity index (χ4v) is 1.64. The number of halogens is 2. The zero-order chi connectivity index (χ0) is 11.5. The highest BCUT2D eigenvalue weighted by Crippen LogP contribution is 2.14. The highest BCUT2D eigenvalue weighted by Gasteiger charge is 2.27. The van der Waals surface area contributed by atoms with Crippen LogP contribution in [-0.2, 0) is 0 Å². The van der Waals surface area contributed by atoms with E-state index in [0.717, 1.165) is 0 Å². The number of piperazine rings is 1. The van der Waals surface area contributed by atoms with E-state index in [1.807, 2.05) is 0 Å². The first-order valence-corrected chi connectivity index (χ1v) is 5.02. The lowest BCUT2D eigenvalue weighted by molar-refractivity contribution is 0.0956. The van der Waals surface area contributed by atoms with Crippen molar-refractivity contribution < 1.29 is 8.78 Å². The number of nitrogens with two attached hydrogens (primary N) is 1. The summed E-state index contributed by atoms with van der Waals surface area (Å²) < 4.78 is 25.1. The summed E-state index contributed by atoms with van der Waals surface area (Å²) >= 11 is 0. The van der Waals surface area contributed by atoms with E-state index in [4.69, 9.17) is 5.73 Å². The Bertz CT molecular complexity index is 360. The minimum absolute atomic E-state index is 0.196. The fraction of sp³-hybridized carbons (Fsp3) is 0.556. The Hall–Kier alpha value is -1.50. The molecule has 0 amide bonds. The van der Waals surface area contributed by atoms with Crippen LogP contribution in [0, 0.1) is 0 Å². The van der Waals surface area contributed by atoms with Gasteiger partial charge in [0.05, 0.1) is 6.04 Å². The minimum atomic E-state index is -2.39. The van der Waals surface area contributed by atoms with Crippen LogP contribution in [0.25, 0.3) is 0 Å². The molecule has 1 fully saturated rings. The lowest BCUT2D eigenvalue weighted by Crippen LogP contribution is -2.54. The Labute approximate surface area is 91.7 Å². The maximum atomic E-state index is 12.5. The number of nitrogens with zero attached hydrogens (tertiary/aromatic N) is 3. The van der Waals surface area contributed by atoms with E-state index >= 15 is 0 Å². The molecule has 16 heavy (non-hydrogen) atoms. The number of hydrogen-bond acceptors (Lipinski definition) is 5. The molecule has 1 aliphatic heterocycles. The van der Waals surface area contributed by atoms with E-state index in [1.165, 1.54) is 6.20 Å². The standard InChI is InChI=1S/C9H13F2N5/c10-8(11)6-5-16(4-3-13-6)9-14-2-1-7(12)15-9/h1-2,6,8,13H,3-5H2,(H2,12,14,15). The maximum Gasteiger partial charge on any atom is 0.255 e. The third-order valence-corrected chi connectivity index (χ3v) is 2.46. The SMILES string of the molecule is Nc1ccnc(N2CCNC(C(F)F)C2)n1. The molecule has 1 aliphatic rings. The van der Waals surface area contributed by atoms with E-state index in [0.29, 0.717) is 24.9 Å². The van der Waals surface area contributed by atoms with Gasteiger partial charge in [0.25, 0.3) is 6.43 Å². The first kappa shape index (κ1) is 11.0. The fourth-order valence-electron chi connectivity index (χ4n) is 1.64. The summed E-state index contributed by atoms with van der Waals surface area (Å²) in [6.45, 7) is 1.29. The molecule has 0 radical (unpaired) electrons. The van der Waals surface area contributed by atoms with Crippen molar-refractivity contribution in [2.75, 3.05) is 30.3 Å². The molecule has 1 atom stereocenters. The van der Waals surface area contributed by atoms with Gasteiger partial charge in [0.2, 0.25) is 5.95 Å². The molecule has 5 nitrogen and oxygen atoms in total.